The molecule has 1 aliphatic rings. The maximum atomic E-state index is 13.7. The molecule has 0 amide bonds. The van der Waals surface area contributed by atoms with Gasteiger partial charge in [0.1, 0.15) is 5.82 Å². The zero-order valence-electron chi connectivity index (χ0n) is 15.5. The van der Waals surface area contributed by atoms with E-state index in [2.05, 4.69) is 31.2 Å². The van der Waals surface area contributed by atoms with E-state index >= 15 is 0 Å². The Balaban J connectivity index is 1.54. The Labute approximate surface area is 161 Å². The minimum absolute atomic E-state index is 0.170. The van der Waals surface area contributed by atoms with Gasteiger partial charge in [-0.25, -0.2) is 4.39 Å². The zero-order chi connectivity index (χ0) is 18.4. The number of hydrogen-bond donors (Lipinski definition) is 0. The van der Waals surface area contributed by atoms with Crippen LogP contribution in [0.4, 0.5) is 4.39 Å². The lowest BCUT2D eigenvalue weighted by Gasteiger charge is -2.29. The molecule has 0 spiro atoms. The van der Waals surface area contributed by atoms with Crippen LogP contribution in [0, 0.1) is 11.7 Å². The third kappa shape index (κ3) is 5.08. The number of rotatable bonds is 7. The predicted octanol–water partition coefficient (Wildman–Crippen LogP) is 7.24. The van der Waals surface area contributed by atoms with E-state index in [1.807, 2.05) is 6.07 Å². The van der Waals surface area contributed by atoms with Crippen molar-refractivity contribution in [2.75, 3.05) is 13.2 Å². The van der Waals surface area contributed by atoms with Gasteiger partial charge in [0.2, 0.25) is 0 Å². The van der Waals surface area contributed by atoms with Gasteiger partial charge < -0.3 is 4.74 Å². The van der Waals surface area contributed by atoms with Gasteiger partial charge in [0.15, 0.2) is 0 Å². The lowest BCUT2D eigenvalue weighted by molar-refractivity contribution is 0.136. The van der Waals surface area contributed by atoms with Gasteiger partial charge in [-0.05, 0) is 86.1 Å². The molecule has 3 heteroatoms. The van der Waals surface area contributed by atoms with E-state index in [9.17, 15) is 4.39 Å². The van der Waals surface area contributed by atoms with E-state index in [4.69, 9.17) is 16.3 Å². The highest BCUT2D eigenvalue weighted by Gasteiger charge is 2.22. The van der Waals surface area contributed by atoms with Crippen LogP contribution in [0.15, 0.2) is 42.5 Å². The summed E-state index contributed by atoms with van der Waals surface area (Å²) in [6.45, 7) is 3.79. The van der Waals surface area contributed by atoms with Gasteiger partial charge in [-0.1, -0.05) is 41.9 Å². The number of hydrogen-bond acceptors (Lipinski definition) is 1. The number of ether oxygens (including phenoxy) is 1. The van der Waals surface area contributed by atoms with E-state index in [0.29, 0.717) is 5.92 Å². The molecule has 0 atom stereocenters. The van der Waals surface area contributed by atoms with E-state index in [-0.39, 0.29) is 10.8 Å². The molecular formula is C23H28ClFO. The van der Waals surface area contributed by atoms with Crippen LogP contribution in [0.25, 0.3) is 11.1 Å². The SMILES string of the molecule is CCOCCCC1CCC(c2ccc(-c3ccc(Cl)c(F)c3)cc2)CC1. The predicted molar refractivity (Wildman–Crippen MR) is 107 cm³/mol. The molecule has 2 aromatic rings. The van der Waals surface area contributed by atoms with Crippen LogP contribution in [0.2, 0.25) is 5.02 Å². The molecule has 0 radical (unpaired) electrons. The summed E-state index contributed by atoms with van der Waals surface area (Å²) in [6, 6.07) is 13.6. The van der Waals surface area contributed by atoms with Gasteiger partial charge in [-0.2, -0.15) is 0 Å². The smallest absolute Gasteiger partial charge is 0.142 e. The molecule has 1 aliphatic carbocycles. The molecule has 26 heavy (non-hydrogen) atoms. The van der Waals surface area contributed by atoms with Crippen LogP contribution in [-0.2, 0) is 4.74 Å². The molecule has 0 N–H and O–H groups in total. The second-order valence-electron chi connectivity index (χ2n) is 7.31. The first kappa shape index (κ1) is 19.4. The summed E-state index contributed by atoms with van der Waals surface area (Å²) >= 11 is 5.77. The molecule has 0 unspecified atom stereocenters. The molecule has 2 aromatic carbocycles. The van der Waals surface area contributed by atoms with Gasteiger partial charge in [0.05, 0.1) is 5.02 Å². The summed E-state index contributed by atoms with van der Waals surface area (Å²) in [5.41, 5.74) is 3.32. The fourth-order valence-corrected chi connectivity index (χ4v) is 4.14. The van der Waals surface area contributed by atoms with Gasteiger partial charge in [0.25, 0.3) is 0 Å². The summed E-state index contributed by atoms with van der Waals surface area (Å²) in [5, 5.41) is 0.170. The largest absolute Gasteiger partial charge is 0.382 e. The van der Waals surface area contributed by atoms with Crippen LogP contribution < -0.4 is 0 Å². The second-order valence-corrected chi connectivity index (χ2v) is 7.71. The Kier molecular flexibility index (Phi) is 7.10. The lowest BCUT2D eigenvalue weighted by Crippen LogP contribution is -2.14. The van der Waals surface area contributed by atoms with Gasteiger partial charge in [0, 0.05) is 13.2 Å². The molecule has 3 rings (SSSR count). The van der Waals surface area contributed by atoms with Crippen molar-refractivity contribution in [2.45, 2.75) is 51.4 Å². The van der Waals surface area contributed by atoms with Crippen LogP contribution in [-0.4, -0.2) is 13.2 Å². The van der Waals surface area contributed by atoms with Gasteiger partial charge >= 0.3 is 0 Å². The Bertz CT molecular complexity index is 690. The maximum absolute atomic E-state index is 13.7. The third-order valence-electron chi connectivity index (χ3n) is 5.59. The quantitative estimate of drug-likeness (QED) is 0.464. The van der Waals surface area contributed by atoms with Crippen LogP contribution >= 0.6 is 11.6 Å². The summed E-state index contributed by atoms with van der Waals surface area (Å²) in [7, 11) is 0. The summed E-state index contributed by atoms with van der Waals surface area (Å²) < 4.78 is 19.1. The topological polar surface area (TPSA) is 9.23 Å². The van der Waals surface area contributed by atoms with Crippen molar-refractivity contribution in [1.29, 1.82) is 0 Å². The molecular weight excluding hydrogens is 347 g/mol. The van der Waals surface area contributed by atoms with Gasteiger partial charge in [-0.15, -0.1) is 0 Å². The zero-order valence-corrected chi connectivity index (χ0v) is 16.3. The molecule has 0 aliphatic heterocycles. The Morgan fingerprint density at radius 3 is 2.35 bits per heavy atom. The minimum atomic E-state index is -0.365. The monoisotopic (exact) mass is 374 g/mol. The van der Waals surface area contributed by atoms with E-state index in [0.717, 1.165) is 30.3 Å². The van der Waals surface area contributed by atoms with Crippen LogP contribution in [0.3, 0.4) is 0 Å². The fourth-order valence-electron chi connectivity index (χ4n) is 4.03. The summed E-state index contributed by atoms with van der Waals surface area (Å²) in [5.74, 6) is 1.16. The highest BCUT2D eigenvalue weighted by atomic mass is 35.5. The average molecular weight is 375 g/mol. The first-order valence-electron chi connectivity index (χ1n) is 9.80. The van der Waals surface area contributed by atoms with E-state index < -0.39 is 0 Å². The minimum Gasteiger partial charge on any atom is -0.382 e. The van der Waals surface area contributed by atoms with Crippen molar-refractivity contribution in [1.82, 2.24) is 0 Å². The standard InChI is InChI=1S/C23H28ClFO/c1-2-26-15-3-4-17-5-7-18(8-6-17)19-9-11-20(12-10-19)21-13-14-22(24)23(25)16-21/h9-14,16-18H,2-8,15H2,1H3. The van der Waals surface area contributed by atoms with E-state index in [1.165, 1.54) is 50.2 Å². The molecule has 0 saturated heterocycles. The molecule has 140 valence electrons. The van der Waals surface area contributed by atoms with Crippen molar-refractivity contribution in [3.63, 3.8) is 0 Å². The first-order chi connectivity index (χ1) is 12.7. The Morgan fingerprint density at radius 2 is 1.69 bits per heavy atom. The molecule has 1 fully saturated rings. The highest BCUT2D eigenvalue weighted by Crippen LogP contribution is 2.38. The van der Waals surface area contributed by atoms with Gasteiger partial charge in [-0.3, -0.25) is 0 Å². The van der Waals surface area contributed by atoms with Crippen molar-refractivity contribution >= 4 is 11.6 Å². The van der Waals surface area contributed by atoms with E-state index in [1.54, 1.807) is 6.07 Å². The third-order valence-corrected chi connectivity index (χ3v) is 5.89. The highest BCUT2D eigenvalue weighted by molar-refractivity contribution is 6.30. The normalized spacial score (nSPS) is 20.3. The van der Waals surface area contributed by atoms with Crippen LogP contribution in [0.5, 0.6) is 0 Å². The van der Waals surface area contributed by atoms with Crippen molar-refractivity contribution < 1.29 is 9.13 Å². The second kappa shape index (κ2) is 9.53. The number of halogens is 2. The summed E-state index contributed by atoms with van der Waals surface area (Å²) in [6.07, 6.45) is 7.67. The van der Waals surface area contributed by atoms with Crippen molar-refractivity contribution in [3.05, 3.63) is 58.9 Å². The fraction of sp³-hybridized carbons (Fsp3) is 0.478. The maximum Gasteiger partial charge on any atom is 0.142 e. The average Bonchev–Trinajstić information content (AvgIpc) is 2.68. The summed E-state index contributed by atoms with van der Waals surface area (Å²) in [4.78, 5) is 0. The first-order valence-corrected chi connectivity index (χ1v) is 10.2. The van der Waals surface area contributed by atoms with Crippen LogP contribution in [0.1, 0.15) is 56.9 Å². The van der Waals surface area contributed by atoms with Crippen molar-refractivity contribution in [2.24, 2.45) is 5.92 Å². The lowest BCUT2D eigenvalue weighted by atomic mass is 9.77. The molecule has 0 aromatic heterocycles. The molecule has 1 saturated carbocycles. The molecule has 0 bridgehead atoms. The van der Waals surface area contributed by atoms with Crippen molar-refractivity contribution in [3.8, 4) is 11.1 Å². The molecule has 0 heterocycles. The Morgan fingerprint density at radius 1 is 1.00 bits per heavy atom. The molecule has 1 nitrogen and oxygen atoms in total. The number of benzene rings is 2. The Hall–Kier alpha value is -1.38.